The molecule has 2 nitrogen and oxygen atoms in total. The topological polar surface area (TPSA) is 15.3 Å². The highest BCUT2D eigenvalue weighted by Gasteiger charge is 2.21. The Morgan fingerprint density at radius 3 is 2.94 bits per heavy atom. The average Bonchev–Trinajstić information content (AvgIpc) is 2.68. The van der Waals surface area contributed by atoms with E-state index in [-0.39, 0.29) is 5.82 Å². The molecule has 88 valence electrons. The molecular weight excluding hydrogens is 203 g/mol. The first-order chi connectivity index (χ1) is 7.72. The molecule has 1 N–H and O–H groups in total. The highest BCUT2D eigenvalue weighted by atomic mass is 19.1. The van der Waals surface area contributed by atoms with Crippen molar-refractivity contribution in [3.63, 3.8) is 0 Å². The van der Waals surface area contributed by atoms with Crippen LogP contribution in [0.2, 0.25) is 0 Å². The van der Waals surface area contributed by atoms with Crippen LogP contribution in [0.25, 0.3) is 0 Å². The van der Waals surface area contributed by atoms with Gasteiger partial charge in [0.05, 0.1) is 0 Å². The molecule has 2 rings (SSSR count). The van der Waals surface area contributed by atoms with Gasteiger partial charge in [0.1, 0.15) is 5.82 Å². The van der Waals surface area contributed by atoms with E-state index in [1.54, 1.807) is 6.07 Å². The molecule has 1 saturated heterocycles. The van der Waals surface area contributed by atoms with Gasteiger partial charge in [-0.1, -0.05) is 13.0 Å². The summed E-state index contributed by atoms with van der Waals surface area (Å²) in [7, 11) is 1.85. The molecule has 3 heteroatoms. The van der Waals surface area contributed by atoms with Crippen molar-refractivity contribution in [2.24, 2.45) is 5.92 Å². The molecule has 0 amide bonds. The minimum atomic E-state index is -0.105. The zero-order chi connectivity index (χ0) is 11.5. The monoisotopic (exact) mass is 222 g/mol. The third-order valence-electron chi connectivity index (χ3n) is 3.21. The molecule has 1 aliphatic heterocycles. The van der Waals surface area contributed by atoms with Gasteiger partial charge in [0.25, 0.3) is 0 Å². The predicted molar refractivity (Wildman–Crippen MR) is 65.2 cm³/mol. The van der Waals surface area contributed by atoms with E-state index in [9.17, 15) is 4.39 Å². The lowest BCUT2D eigenvalue weighted by atomic mass is 10.1. The van der Waals surface area contributed by atoms with Crippen molar-refractivity contribution in [2.45, 2.75) is 19.9 Å². The minimum absolute atomic E-state index is 0.105. The zero-order valence-corrected chi connectivity index (χ0v) is 9.96. The Bertz CT molecular complexity index is 365. The van der Waals surface area contributed by atoms with Gasteiger partial charge in [-0.3, -0.25) is 0 Å². The third kappa shape index (κ3) is 2.19. The molecule has 1 aromatic rings. The molecule has 1 unspecified atom stereocenters. The summed E-state index contributed by atoms with van der Waals surface area (Å²) in [6.45, 7) is 4.92. The Hall–Kier alpha value is -1.09. The number of hydrogen-bond acceptors (Lipinski definition) is 2. The van der Waals surface area contributed by atoms with E-state index in [1.807, 2.05) is 13.1 Å². The first kappa shape index (κ1) is 11.4. The van der Waals surface area contributed by atoms with Gasteiger partial charge in [-0.2, -0.15) is 0 Å². The highest BCUT2D eigenvalue weighted by Crippen LogP contribution is 2.28. The van der Waals surface area contributed by atoms with Gasteiger partial charge in [-0.25, -0.2) is 4.39 Å². The number of nitrogens with one attached hydrogen (secondary N) is 1. The first-order valence-corrected chi connectivity index (χ1v) is 5.89. The van der Waals surface area contributed by atoms with Crippen molar-refractivity contribution in [3.05, 3.63) is 29.6 Å². The van der Waals surface area contributed by atoms with Crippen molar-refractivity contribution < 1.29 is 4.39 Å². The van der Waals surface area contributed by atoms with Crippen molar-refractivity contribution in [2.75, 3.05) is 25.0 Å². The van der Waals surface area contributed by atoms with Crippen LogP contribution in [0.4, 0.5) is 10.1 Å². The number of anilines is 1. The SMILES string of the molecule is CNCc1c(F)cccc1N1CCC(C)C1. The van der Waals surface area contributed by atoms with Crippen LogP contribution in [0.1, 0.15) is 18.9 Å². The van der Waals surface area contributed by atoms with Crippen molar-refractivity contribution >= 4 is 5.69 Å². The van der Waals surface area contributed by atoms with E-state index >= 15 is 0 Å². The van der Waals surface area contributed by atoms with Crippen molar-refractivity contribution in [1.29, 1.82) is 0 Å². The second kappa shape index (κ2) is 4.83. The Morgan fingerprint density at radius 1 is 1.50 bits per heavy atom. The molecule has 1 aliphatic rings. The fraction of sp³-hybridized carbons (Fsp3) is 0.538. The molecule has 0 bridgehead atoms. The molecule has 0 radical (unpaired) electrons. The van der Waals surface area contributed by atoms with Crippen molar-refractivity contribution in [1.82, 2.24) is 5.32 Å². The summed E-state index contributed by atoms with van der Waals surface area (Å²) in [5.41, 5.74) is 1.85. The molecule has 0 aromatic heterocycles. The number of benzene rings is 1. The second-order valence-electron chi connectivity index (χ2n) is 4.61. The van der Waals surface area contributed by atoms with Crippen LogP contribution in [0.5, 0.6) is 0 Å². The molecule has 16 heavy (non-hydrogen) atoms. The first-order valence-electron chi connectivity index (χ1n) is 5.89. The summed E-state index contributed by atoms with van der Waals surface area (Å²) in [6.07, 6.45) is 1.20. The van der Waals surface area contributed by atoms with E-state index in [0.29, 0.717) is 12.5 Å². The maximum Gasteiger partial charge on any atom is 0.129 e. The van der Waals surface area contributed by atoms with Crippen LogP contribution >= 0.6 is 0 Å². The third-order valence-corrected chi connectivity index (χ3v) is 3.21. The van der Waals surface area contributed by atoms with E-state index in [4.69, 9.17) is 0 Å². The summed E-state index contributed by atoms with van der Waals surface area (Å²) < 4.78 is 13.7. The lowest BCUT2D eigenvalue weighted by Crippen LogP contribution is -2.22. The lowest BCUT2D eigenvalue weighted by Gasteiger charge is -2.22. The van der Waals surface area contributed by atoms with E-state index < -0.39 is 0 Å². The fourth-order valence-corrected chi connectivity index (χ4v) is 2.35. The standard InChI is InChI=1S/C13H19FN2/c1-10-6-7-16(9-10)13-5-3-4-12(14)11(13)8-15-2/h3-5,10,15H,6-9H2,1-2H3. The largest absolute Gasteiger partial charge is 0.371 e. The van der Waals surface area contributed by atoms with E-state index in [1.165, 1.54) is 12.5 Å². The van der Waals surface area contributed by atoms with Crippen LogP contribution in [-0.2, 0) is 6.54 Å². The van der Waals surface area contributed by atoms with Gasteiger partial charge in [-0.05, 0) is 31.5 Å². The average molecular weight is 222 g/mol. The summed E-state index contributed by atoms with van der Waals surface area (Å²) in [4.78, 5) is 2.29. The smallest absolute Gasteiger partial charge is 0.129 e. The van der Waals surface area contributed by atoms with Crippen molar-refractivity contribution in [3.8, 4) is 0 Å². The molecule has 0 spiro atoms. The molecule has 0 aliphatic carbocycles. The summed E-state index contributed by atoms with van der Waals surface area (Å²) in [5, 5.41) is 3.03. The normalized spacial score (nSPS) is 20.4. The molecule has 1 heterocycles. The van der Waals surface area contributed by atoms with E-state index in [2.05, 4.69) is 17.1 Å². The molecular formula is C13H19FN2. The maximum absolute atomic E-state index is 13.7. The second-order valence-corrected chi connectivity index (χ2v) is 4.61. The Balaban J connectivity index is 2.28. The molecule has 1 fully saturated rings. The molecule has 1 atom stereocenters. The predicted octanol–water partition coefficient (Wildman–Crippen LogP) is 2.39. The molecule has 1 aromatic carbocycles. The van der Waals surface area contributed by atoms with Gasteiger partial charge < -0.3 is 10.2 Å². The summed E-state index contributed by atoms with van der Waals surface area (Å²) >= 11 is 0. The highest BCUT2D eigenvalue weighted by molar-refractivity contribution is 5.55. The van der Waals surface area contributed by atoms with E-state index in [0.717, 1.165) is 24.3 Å². The number of rotatable bonds is 3. The minimum Gasteiger partial charge on any atom is -0.371 e. The van der Waals surface area contributed by atoms with Crippen LogP contribution in [0.3, 0.4) is 0 Å². The van der Waals surface area contributed by atoms with Gasteiger partial charge >= 0.3 is 0 Å². The van der Waals surface area contributed by atoms with Gasteiger partial charge in [0, 0.05) is 30.9 Å². The molecule has 0 saturated carbocycles. The maximum atomic E-state index is 13.7. The quantitative estimate of drug-likeness (QED) is 0.844. The van der Waals surface area contributed by atoms with Crippen LogP contribution in [0, 0.1) is 11.7 Å². The fourth-order valence-electron chi connectivity index (χ4n) is 2.35. The van der Waals surface area contributed by atoms with Gasteiger partial charge in [0.15, 0.2) is 0 Å². The Labute approximate surface area is 96.5 Å². The zero-order valence-electron chi connectivity index (χ0n) is 9.96. The van der Waals surface area contributed by atoms with Gasteiger partial charge in [0.2, 0.25) is 0 Å². The van der Waals surface area contributed by atoms with Crippen LogP contribution in [0.15, 0.2) is 18.2 Å². The number of nitrogens with zero attached hydrogens (tertiary/aromatic N) is 1. The lowest BCUT2D eigenvalue weighted by molar-refractivity contribution is 0.599. The Morgan fingerprint density at radius 2 is 2.31 bits per heavy atom. The summed E-state index contributed by atoms with van der Waals surface area (Å²) in [5.74, 6) is 0.608. The summed E-state index contributed by atoms with van der Waals surface area (Å²) in [6, 6.07) is 5.36. The Kier molecular flexibility index (Phi) is 3.44. The number of hydrogen-bond donors (Lipinski definition) is 1. The number of halogens is 1. The van der Waals surface area contributed by atoms with Gasteiger partial charge in [-0.15, -0.1) is 0 Å². The van der Waals surface area contributed by atoms with Crippen LogP contribution < -0.4 is 10.2 Å². The van der Waals surface area contributed by atoms with Crippen LogP contribution in [-0.4, -0.2) is 20.1 Å².